The topological polar surface area (TPSA) is 42.8 Å². The Bertz CT molecular complexity index is 532. The van der Waals surface area contributed by atoms with Crippen molar-refractivity contribution in [3.8, 4) is 0 Å². The minimum atomic E-state index is 0.731. The highest BCUT2D eigenvalue weighted by atomic mass is 32.1. The molecule has 0 aromatic carbocycles. The molecular formula is C12H17N3OS. The van der Waals surface area contributed by atoms with Crippen LogP contribution in [0.1, 0.15) is 19.8 Å². The van der Waals surface area contributed by atoms with Gasteiger partial charge in [0.05, 0.1) is 5.52 Å². The molecule has 0 atom stereocenters. The van der Waals surface area contributed by atoms with Gasteiger partial charge in [0.15, 0.2) is 10.4 Å². The minimum Gasteiger partial charge on any atom is -0.381 e. The Hall–Kier alpha value is -1.20. The van der Waals surface area contributed by atoms with Crippen LogP contribution in [0.2, 0.25) is 0 Å². The quantitative estimate of drug-likeness (QED) is 0.634. The van der Waals surface area contributed by atoms with Gasteiger partial charge in [-0.05, 0) is 37.2 Å². The number of fused-ring (bicyclic) bond motifs is 1. The van der Waals surface area contributed by atoms with Gasteiger partial charge >= 0.3 is 0 Å². The van der Waals surface area contributed by atoms with Crippen LogP contribution in [0.15, 0.2) is 18.3 Å². The first-order chi connectivity index (χ1) is 8.33. The first-order valence-electron chi connectivity index (χ1n) is 5.94. The van der Waals surface area contributed by atoms with Gasteiger partial charge in [0.1, 0.15) is 0 Å². The molecule has 0 saturated heterocycles. The SMILES string of the molecule is CCCOCCCn1c(=S)[nH]c2cccnc21. The van der Waals surface area contributed by atoms with E-state index in [1.807, 2.05) is 16.7 Å². The maximum Gasteiger partial charge on any atom is 0.179 e. The lowest BCUT2D eigenvalue weighted by molar-refractivity contribution is 0.129. The van der Waals surface area contributed by atoms with Crippen molar-refractivity contribution in [1.29, 1.82) is 0 Å². The van der Waals surface area contributed by atoms with Crippen LogP contribution in [0.3, 0.4) is 0 Å². The molecule has 92 valence electrons. The second kappa shape index (κ2) is 5.93. The predicted octanol–water partition coefficient (Wildman–Crippen LogP) is 2.91. The molecule has 0 radical (unpaired) electrons. The normalized spacial score (nSPS) is 11.1. The maximum atomic E-state index is 5.46. The average molecular weight is 251 g/mol. The van der Waals surface area contributed by atoms with Crippen LogP contribution < -0.4 is 0 Å². The Morgan fingerprint density at radius 1 is 1.47 bits per heavy atom. The second-order valence-electron chi connectivity index (χ2n) is 3.92. The molecular weight excluding hydrogens is 234 g/mol. The first kappa shape index (κ1) is 12.3. The molecule has 5 heteroatoms. The molecule has 0 bridgehead atoms. The minimum absolute atomic E-state index is 0.731. The average Bonchev–Trinajstić information content (AvgIpc) is 2.65. The summed E-state index contributed by atoms with van der Waals surface area (Å²) in [5.41, 5.74) is 1.92. The molecule has 2 aromatic heterocycles. The molecule has 2 heterocycles. The fourth-order valence-electron chi connectivity index (χ4n) is 1.77. The Morgan fingerprint density at radius 3 is 3.18 bits per heavy atom. The number of aryl methyl sites for hydroxylation is 1. The van der Waals surface area contributed by atoms with Gasteiger partial charge in [-0.3, -0.25) is 0 Å². The lowest BCUT2D eigenvalue weighted by atomic mass is 10.4. The van der Waals surface area contributed by atoms with E-state index in [9.17, 15) is 0 Å². The van der Waals surface area contributed by atoms with E-state index < -0.39 is 0 Å². The number of ether oxygens (including phenoxy) is 1. The van der Waals surface area contributed by atoms with E-state index in [0.717, 1.165) is 48.5 Å². The zero-order valence-corrected chi connectivity index (χ0v) is 10.8. The van der Waals surface area contributed by atoms with E-state index in [1.165, 1.54) is 0 Å². The summed E-state index contributed by atoms with van der Waals surface area (Å²) in [5, 5.41) is 0. The van der Waals surface area contributed by atoms with Gasteiger partial charge < -0.3 is 14.3 Å². The van der Waals surface area contributed by atoms with Gasteiger partial charge in [-0.15, -0.1) is 0 Å². The standard InChI is InChI=1S/C12H17N3OS/c1-2-8-16-9-4-7-15-11-10(14-12(15)17)5-3-6-13-11/h3,5-6H,2,4,7-9H2,1H3,(H,14,17). The van der Waals surface area contributed by atoms with Gasteiger partial charge in [-0.1, -0.05) is 6.92 Å². The summed E-state index contributed by atoms with van der Waals surface area (Å²) in [7, 11) is 0. The van der Waals surface area contributed by atoms with Crippen molar-refractivity contribution in [2.24, 2.45) is 0 Å². The fraction of sp³-hybridized carbons (Fsp3) is 0.500. The Morgan fingerprint density at radius 2 is 2.35 bits per heavy atom. The van der Waals surface area contributed by atoms with Gasteiger partial charge in [-0.2, -0.15) is 0 Å². The van der Waals surface area contributed by atoms with Gasteiger partial charge in [0.25, 0.3) is 0 Å². The highest BCUT2D eigenvalue weighted by Gasteiger charge is 2.03. The number of pyridine rings is 1. The largest absolute Gasteiger partial charge is 0.381 e. The smallest absolute Gasteiger partial charge is 0.179 e. The van der Waals surface area contributed by atoms with E-state index in [1.54, 1.807) is 6.20 Å². The molecule has 0 unspecified atom stereocenters. The second-order valence-corrected chi connectivity index (χ2v) is 4.31. The number of hydrogen-bond donors (Lipinski definition) is 1. The van der Waals surface area contributed by atoms with E-state index in [0.29, 0.717) is 0 Å². The molecule has 0 aliphatic rings. The summed E-state index contributed by atoms with van der Waals surface area (Å²) in [6.07, 6.45) is 3.81. The lowest BCUT2D eigenvalue weighted by Gasteiger charge is -2.04. The lowest BCUT2D eigenvalue weighted by Crippen LogP contribution is -2.04. The Kier molecular flexibility index (Phi) is 4.28. The summed E-state index contributed by atoms with van der Waals surface area (Å²) >= 11 is 5.28. The fourth-order valence-corrected chi connectivity index (χ4v) is 2.05. The summed E-state index contributed by atoms with van der Waals surface area (Å²) in [6.45, 7) is 4.56. The number of aromatic amines is 1. The van der Waals surface area contributed by atoms with Crippen LogP contribution in [0.4, 0.5) is 0 Å². The molecule has 0 aliphatic heterocycles. The first-order valence-corrected chi connectivity index (χ1v) is 6.35. The van der Waals surface area contributed by atoms with Crippen molar-refractivity contribution in [3.63, 3.8) is 0 Å². The predicted molar refractivity (Wildman–Crippen MR) is 70.6 cm³/mol. The van der Waals surface area contributed by atoms with Crippen LogP contribution in [-0.2, 0) is 11.3 Å². The molecule has 1 N–H and O–H groups in total. The van der Waals surface area contributed by atoms with E-state index >= 15 is 0 Å². The molecule has 0 amide bonds. The van der Waals surface area contributed by atoms with Gasteiger partial charge in [0, 0.05) is 26.0 Å². The number of H-pyrrole nitrogens is 1. The third kappa shape index (κ3) is 2.92. The molecule has 0 aliphatic carbocycles. The third-order valence-corrected chi connectivity index (χ3v) is 2.87. The van der Waals surface area contributed by atoms with E-state index in [-0.39, 0.29) is 0 Å². The number of rotatable bonds is 6. The van der Waals surface area contributed by atoms with Crippen molar-refractivity contribution in [1.82, 2.24) is 14.5 Å². The van der Waals surface area contributed by atoms with Gasteiger partial charge in [0.2, 0.25) is 0 Å². The molecule has 2 aromatic rings. The highest BCUT2D eigenvalue weighted by Crippen LogP contribution is 2.10. The third-order valence-electron chi connectivity index (χ3n) is 2.55. The van der Waals surface area contributed by atoms with Crippen molar-refractivity contribution >= 4 is 23.4 Å². The van der Waals surface area contributed by atoms with Crippen molar-refractivity contribution in [2.45, 2.75) is 26.3 Å². The van der Waals surface area contributed by atoms with Crippen LogP contribution in [0.5, 0.6) is 0 Å². The van der Waals surface area contributed by atoms with E-state index in [4.69, 9.17) is 17.0 Å². The molecule has 2 rings (SSSR count). The van der Waals surface area contributed by atoms with Crippen LogP contribution in [0, 0.1) is 4.77 Å². The summed E-state index contributed by atoms with van der Waals surface area (Å²) < 4.78 is 8.21. The van der Waals surface area contributed by atoms with E-state index in [2.05, 4.69) is 16.9 Å². The number of aromatic nitrogens is 3. The van der Waals surface area contributed by atoms with Crippen LogP contribution >= 0.6 is 12.2 Å². The van der Waals surface area contributed by atoms with Crippen LogP contribution in [0.25, 0.3) is 11.2 Å². The number of nitrogens with zero attached hydrogens (tertiary/aromatic N) is 2. The number of imidazole rings is 1. The number of hydrogen-bond acceptors (Lipinski definition) is 3. The molecule has 17 heavy (non-hydrogen) atoms. The zero-order valence-electron chi connectivity index (χ0n) is 9.98. The van der Waals surface area contributed by atoms with Gasteiger partial charge in [-0.25, -0.2) is 4.98 Å². The van der Waals surface area contributed by atoms with Crippen molar-refractivity contribution in [3.05, 3.63) is 23.1 Å². The monoisotopic (exact) mass is 251 g/mol. The van der Waals surface area contributed by atoms with Crippen molar-refractivity contribution < 1.29 is 4.74 Å². The molecule has 0 spiro atoms. The summed E-state index contributed by atoms with van der Waals surface area (Å²) in [5.74, 6) is 0. The summed E-state index contributed by atoms with van der Waals surface area (Å²) in [6, 6.07) is 3.89. The molecule has 0 saturated carbocycles. The zero-order chi connectivity index (χ0) is 12.1. The molecule has 4 nitrogen and oxygen atoms in total. The highest BCUT2D eigenvalue weighted by molar-refractivity contribution is 7.71. The number of nitrogens with one attached hydrogen (secondary N) is 1. The van der Waals surface area contributed by atoms with Crippen molar-refractivity contribution in [2.75, 3.05) is 13.2 Å². The summed E-state index contributed by atoms with van der Waals surface area (Å²) in [4.78, 5) is 7.49. The maximum absolute atomic E-state index is 5.46. The Balaban J connectivity index is 2.03. The Labute approximate surface area is 106 Å². The van der Waals surface area contributed by atoms with Crippen LogP contribution in [-0.4, -0.2) is 27.7 Å². The molecule has 0 fully saturated rings.